The van der Waals surface area contributed by atoms with Gasteiger partial charge in [-0.05, 0) is 29.8 Å². The van der Waals surface area contributed by atoms with Crippen molar-refractivity contribution in [2.45, 2.75) is 0 Å². The van der Waals surface area contributed by atoms with E-state index in [4.69, 9.17) is 10.5 Å². The van der Waals surface area contributed by atoms with Crippen LogP contribution in [0.2, 0.25) is 0 Å². The molecule has 0 spiro atoms. The standard InChI is InChI=1S/C15H14FNO3/c1-19-14-6-4-9(7-12(14)16)11-5-3-10(8-13(11)17)15(18)20-2/h3-8H,17H2,1-2H3. The summed E-state index contributed by atoms with van der Waals surface area (Å²) >= 11 is 0. The molecule has 104 valence electrons. The zero-order valence-corrected chi connectivity index (χ0v) is 11.1. The van der Waals surface area contributed by atoms with Crippen LogP contribution in [0.25, 0.3) is 11.1 Å². The van der Waals surface area contributed by atoms with Gasteiger partial charge in [0.05, 0.1) is 19.8 Å². The highest BCUT2D eigenvalue weighted by atomic mass is 19.1. The van der Waals surface area contributed by atoms with Crippen molar-refractivity contribution < 1.29 is 18.7 Å². The number of carbonyl (C=O) groups is 1. The number of hydrogen-bond donors (Lipinski definition) is 1. The topological polar surface area (TPSA) is 61.5 Å². The molecule has 0 fully saturated rings. The fourth-order valence-electron chi connectivity index (χ4n) is 1.90. The van der Waals surface area contributed by atoms with E-state index in [0.29, 0.717) is 22.4 Å². The van der Waals surface area contributed by atoms with Gasteiger partial charge in [0.25, 0.3) is 0 Å². The molecule has 0 saturated carbocycles. The van der Waals surface area contributed by atoms with E-state index in [1.807, 2.05) is 0 Å². The van der Waals surface area contributed by atoms with Crippen LogP contribution in [0, 0.1) is 5.82 Å². The molecular formula is C15H14FNO3. The molecule has 0 aliphatic rings. The number of hydrogen-bond acceptors (Lipinski definition) is 4. The second kappa shape index (κ2) is 5.61. The van der Waals surface area contributed by atoms with Gasteiger partial charge in [0.1, 0.15) is 0 Å². The smallest absolute Gasteiger partial charge is 0.337 e. The van der Waals surface area contributed by atoms with Crippen molar-refractivity contribution in [2.24, 2.45) is 0 Å². The molecule has 0 amide bonds. The Morgan fingerprint density at radius 1 is 1.15 bits per heavy atom. The van der Waals surface area contributed by atoms with Crippen molar-refractivity contribution in [2.75, 3.05) is 20.0 Å². The summed E-state index contributed by atoms with van der Waals surface area (Å²) in [5.41, 5.74) is 7.87. The van der Waals surface area contributed by atoms with Crippen LogP contribution in [0.5, 0.6) is 5.75 Å². The van der Waals surface area contributed by atoms with E-state index in [-0.39, 0.29) is 5.75 Å². The first-order chi connectivity index (χ1) is 9.56. The summed E-state index contributed by atoms with van der Waals surface area (Å²) in [6.45, 7) is 0. The quantitative estimate of drug-likeness (QED) is 0.691. The Balaban J connectivity index is 2.43. The van der Waals surface area contributed by atoms with Gasteiger partial charge in [0.2, 0.25) is 0 Å². The van der Waals surface area contributed by atoms with Crippen LogP contribution in [0.3, 0.4) is 0 Å². The van der Waals surface area contributed by atoms with Crippen molar-refractivity contribution in [1.82, 2.24) is 0 Å². The minimum atomic E-state index is -0.471. The van der Waals surface area contributed by atoms with Crippen molar-refractivity contribution in [3.63, 3.8) is 0 Å². The predicted molar refractivity (Wildman–Crippen MR) is 74.1 cm³/mol. The Hall–Kier alpha value is -2.56. The van der Waals surface area contributed by atoms with Gasteiger partial charge in [-0.3, -0.25) is 0 Å². The number of carbonyl (C=O) groups excluding carboxylic acids is 1. The Morgan fingerprint density at radius 3 is 2.45 bits per heavy atom. The molecule has 5 heteroatoms. The first-order valence-corrected chi connectivity index (χ1v) is 5.88. The number of esters is 1. The number of halogens is 1. The summed E-state index contributed by atoms with van der Waals surface area (Å²) in [4.78, 5) is 11.4. The summed E-state index contributed by atoms with van der Waals surface area (Å²) in [6.07, 6.45) is 0. The Kier molecular flexibility index (Phi) is 3.89. The lowest BCUT2D eigenvalue weighted by molar-refractivity contribution is 0.0601. The van der Waals surface area contributed by atoms with Gasteiger partial charge in [0.15, 0.2) is 11.6 Å². The second-order valence-electron chi connectivity index (χ2n) is 4.14. The molecule has 0 bridgehead atoms. The molecule has 0 unspecified atom stereocenters. The van der Waals surface area contributed by atoms with Gasteiger partial charge in [-0.25, -0.2) is 9.18 Å². The van der Waals surface area contributed by atoms with E-state index in [1.165, 1.54) is 32.4 Å². The lowest BCUT2D eigenvalue weighted by atomic mass is 10.0. The maximum Gasteiger partial charge on any atom is 0.337 e. The van der Waals surface area contributed by atoms with Crippen LogP contribution in [-0.4, -0.2) is 20.2 Å². The van der Waals surface area contributed by atoms with Crippen molar-refractivity contribution in [3.05, 3.63) is 47.8 Å². The lowest BCUT2D eigenvalue weighted by Gasteiger charge is -2.09. The molecule has 2 N–H and O–H groups in total. The molecule has 0 atom stereocenters. The monoisotopic (exact) mass is 275 g/mol. The molecule has 0 heterocycles. The average Bonchev–Trinajstić information content (AvgIpc) is 2.46. The molecule has 2 aromatic rings. The van der Waals surface area contributed by atoms with Gasteiger partial charge in [-0.2, -0.15) is 0 Å². The third-order valence-corrected chi connectivity index (χ3v) is 2.94. The maximum atomic E-state index is 13.7. The summed E-state index contributed by atoms with van der Waals surface area (Å²) in [5.74, 6) is -0.774. The van der Waals surface area contributed by atoms with E-state index in [2.05, 4.69) is 4.74 Å². The van der Waals surface area contributed by atoms with Crippen molar-refractivity contribution in [3.8, 4) is 16.9 Å². The molecule has 0 saturated heterocycles. The van der Waals surface area contributed by atoms with Crippen LogP contribution in [0.15, 0.2) is 36.4 Å². The molecule has 4 nitrogen and oxygen atoms in total. The highest BCUT2D eigenvalue weighted by molar-refractivity contribution is 5.92. The molecule has 20 heavy (non-hydrogen) atoms. The fraction of sp³-hybridized carbons (Fsp3) is 0.133. The average molecular weight is 275 g/mol. The zero-order chi connectivity index (χ0) is 14.7. The highest BCUT2D eigenvalue weighted by Crippen LogP contribution is 2.30. The highest BCUT2D eigenvalue weighted by Gasteiger charge is 2.11. The van der Waals surface area contributed by atoms with Gasteiger partial charge < -0.3 is 15.2 Å². The van der Waals surface area contributed by atoms with Gasteiger partial charge in [-0.15, -0.1) is 0 Å². The SMILES string of the molecule is COC(=O)c1ccc(-c2ccc(OC)c(F)c2)c(N)c1. The van der Waals surface area contributed by atoms with Gasteiger partial charge >= 0.3 is 5.97 Å². The van der Waals surface area contributed by atoms with Crippen molar-refractivity contribution in [1.29, 1.82) is 0 Å². The number of rotatable bonds is 3. The minimum absolute atomic E-state index is 0.165. The maximum absolute atomic E-state index is 13.7. The third-order valence-electron chi connectivity index (χ3n) is 2.94. The van der Waals surface area contributed by atoms with Gasteiger partial charge in [0, 0.05) is 11.3 Å². The number of ether oxygens (including phenoxy) is 2. The Bertz CT molecular complexity index is 656. The van der Waals surface area contributed by atoms with Crippen LogP contribution in [-0.2, 0) is 4.74 Å². The first kappa shape index (κ1) is 13.9. The van der Waals surface area contributed by atoms with Crippen LogP contribution in [0.4, 0.5) is 10.1 Å². The zero-order valence-electron chi connectivity index (χ0n) is 11.1. The predicted octanol–water partition coefficient (Wildman–Crippen LogP) is 2.87. The third kappa shape index (κ3) is 2.56. The van der Waals surface area contributed by atoms with E-state index >= 15 is 0 Å². The van der Waals surface area contributed by atoms with Crippen LogP contribution < -0.4 is 10.5 Å². The molecule has 0 aliphatic heterocycles. The van der Waals surface area contributed by atoms with Crippen molar-refractivity contribution >= 4 is 11.7 Å². The first-order valence-electron chi connectivity index (χ1n) is 5.88. The molecular weight excluding hydrogens is 261 g/mol. The normalized spacial score (nSPS) is 10.2. The second-order valence-corrected chi connectivity index (χ2v) is 4.14. The van der Waals surface area contributed by atoms with E-state index in [0.717, 1.165) is 0 Å². The largest absolute Gasteiger partial charge is 0.494 e. The fourth-order valence-corrected chi connectivity index (χ4v) is 1.90. The number of benzene rings is 2. The van der Waals surface area contributed by atoms with E-state index in [9.17, 15) is 9.18 Å². The molecule has 2 rings (SSSR count). The van der Waals surface area contributed by atoms with E-state index in [1.54, 1.807) is 18.2 Å². The number of nitrogen functional groups attached to an aromatic ring is 1. The summed E-state index contributed by atoms with van der Waals surface area (Å²) in [5, 5.41) is 0. The Morgan fingerprint density at radius 2 is 1.90 bits per heavy atom. The number of methoxy groups -OCH3 is 2. The minimum Gasteiger partial charge on any atom is -0.494 e. The molecule has 2 aromatic carbocycles. The molecule has 0 aliphatic carbocycles. The van der Waals surface area contributed by atoms with E-state index < -0.39 is 11.8 Å². The summed E-state index contributed by atoms with van der Waals surface area (Å²) < 4.78 is 23.2. The lowest BCUT2D eigenvalue weighted by Crippen LogP contribution is -2.02. The van der Waals surface area contributed by atoms with Crippen LogP contribution >= 0.6 is 0 Å². The molecule has 0 radical (unpaired) electrons. The number of anilines is 1. The number of nitrogens with two attached hydrogens (primary N) is 1. The Labute approximate surface area is 115 Å². The summed E-state index contributed by atoms with van der Waals surface area (Å²) in [7, 11) is 2.70. The van der Waals surface area contributed by atoms with Gasteiger partial charge in [-0.1, -0.05) is 12.1 Å². The summed E-state index contributed by atoms with van der Waals surface area (Å²) in [6, 6.07) is 9.30. The molecule has 0 aromatic heterocycles. The van der Waals surface area contributed by atoms with Crippen LogP contribution in [0.1, 0.15) is 10.4 Å².